The van der Waals surface area contributed by atoms with Crippen LogP contribution in [0, 0.1) is 11.6 Å². The minimum atomic E-state index is -1.33. The summed E-state index contributed by atoms with van der Waals surface area (Å²) in [5.74, 6) is -3.26. The van der Waals surface area contributed by atoms with Crippen LogP contribution in [-0.4, -0.2) is 21.2 Å². The molecule has 2 heterocycles. The molecule has 0 aliphatic rings. The van der Waals surface area contributed by atoms with Crippen molar-refractivity contribution in [2.45, 2.75) is 5.33 Å². The first-order valence-corrected chi connectivity index (χ1v) is 8.33. The van der Waals surface area contributed by atoms with E-state index in [2.05, 4.69) is 31.9 Å². The predicted molar refractivity (Wildman–Crippen MR) is 86.8 cm³/mol. The average Bonchev–Trinajstić information content (AvgIpc) is 3.22. The molecule has 10 heteroatoms. The van der Waals surface area contributed by atoms with Crippen LogP contribution in [0.3, 0.4) is 0 Å². The van der Waals surface area contributed by atoms with Crippen molar-refractivity contribution in [2.75, 3.05) is 0 Å². The zero-order valence-corrected chi connectivity index (χ0v) is 14.3. The molecule has 1 amide bonds. The minimum absolute atomic E-state index is 0.597. The quantitative estimate of drug-likeness (QED) is 0.635. The Labute approximate surface area is 147 Å². The maximum atomic E-state index is 12.7. The molecule has 0 saturated heterocycles. The molecule has 3 aromatic rings. The number of benzene rings is 1. The number of phenols is 1. The van der Waals surface area contributed by atoms with Gasteiger partial charge >= 0.3 is 0 Å². The third-order valence-corrected chi connectivity index (χ3v) is 3.97. The van der Waals surface area contributed by atoms with E-state index in [9.17, 15) is 13.6 Å². The first kappa shape index (κ1) is 18.0. The Morgan fingerprint density at radius 3 is 2.58 bits per heavy atom. The summed E-state index contributed by atoms with van der Waals surface area (Å²) in [6, 6.07) is 5.48. The molecule has 0 bridgehead atoms. The number of hydrogen-bond donors (Lipinski definition) is 2. The Kier molecular flexibility index (Phi) is 5.99. The van der Waals surface area contributed by atoms with Crippen LogP contribution in [0.1, 0.15) is 16.2 Å². The van der Waals surface area contributed by atoms with Crippen molar-refractivity contribution in [2.24, 2.45) is 5.73 Å². The highest BCUT2D eigenvalue weighted by Crippen LogP contribution is 2.23. The largest absolute Gasteiger partial charge is 0.505 e. The number of primary amides is 1. The second-order valence-corrected chi connectivity index (χ2v) is 5.74. The van der Waals surface area contributed by atoms with Gasteiger partial charge in [-0.1, -0.05) is 22.0 Å². The van der Waals surface area contributed by atoms with Gasteiger partial charge in [0.25, 0.3) is 11.8 Å². The average molecular weight is 418 g/mol. The van der Waals surface area contributed by atoms with Crippen LogP contribution in [0.2, 0.25) is 0 Å². The van der Waals surface area contributed by atoms with Crippen LogP contribution >= 0.6 is 27.3 Å². The number of alkyl halides is 1. The van der Waals surface area contributed by atoms with Gasteiger partial charge < -0.3 is 15.3 Å². The third kappa shape index (κ3) is 4.15. The molecule has 0 fully saturated rings. The van der Waals surface area contributed by atoms with E-state index in [0.29, 0.717) is 17.1 Å². The fraction of sp³-hybridized carbons (Fsp3) is 0.0714. The number of rotatable bonds is 3. The van der Waals surface area contributed by atoms with Crippen molar-refractivity contribution < 1.29 is 23.1 Å². The predicted octanol–water partition coefficient (Wildman–Crippen LogP) is 3.46. The lowest BCUT2D eigenvalue weighted by molar-refractivity contribution is 0.0991. The molecule has 1 aromatic carbocycles. The van der Waals surface area contributed by atoms with E-state index >= 15 is 0 Å². The van der Waals surface area contributed by atoms with Crippen molar-refractivity contribution in [1.82, 2.24) is 10.2 Å². The molecule has 24 heavy (non-hydrogen) atoms. The molecule has 2 aromatic heterocycles. The zero-order chi connectivity index (χ0) is 17.7. The van der Waals surface area contributed by atoms with Crippen LogP contribution in [0.25, 0.3) is 10.8 Å². The van der Waals surface area contributed by atoms with Gasteiger partial charge in [-0.2, -0.15) is 0 Å². The van der Waals surface area contributed by atoms with Crippen LogP contribution < -0.4 is 5.73 Å². The number of carbonyl (C=O) groups excluding carboxylic acids is 1. The summed E-state index contributed by atoms with van der Waals surface area (Å²) in [6.07, 6.45) is 0. The molecule has 0 unspecified atom stereocenters. The Morgan fingerprint density at radius 1 is 1.33 bits per heavy atom. The van der Waals surface area contributed by atoms with Crippen molar-refractivity contribution in [3.8, 4) is 16.5 Å². The molecule has 0 saturated carbocycles. The molecule has 6 nitrogen and oxygen atoms in total. The number of carbonyl (C=O) groups is 1. The van der Waals surface area contributed by atoms with Gasteiger partial charge in [0, 0.05) is 0 Å². The maximum absolute atomic E-state index is 12.7. The van der Waals surface area contributed by atoms with Gasteiger partial charge in [0.1, 0.15) is 11.4 Å². The molecular formula is C14H10BrF2N3O3S. The second-order valence-electron chi connectivity index (χ2n) is 4.23. The number of nitrogens with two attached hydrogens (primary N) is 1. The Balaban J connectivity index is 0.000000174. The smallest absolute Gasteiger partial charge is 0.257 e. The van der Waals surface area contributed by atoms with E-state index in [4.69, 9.17) is 9.52 Å². The second kappa shape index (κ2) is 7.97. The summed E-state index contributed by atoms with van der Waals surface area (Å²) in [7, 11) is 0. The van der Waals surface area contributed by atoms with E-state index in [1.54, 1.807) is 11.3 Å². The Morgan fingerprint density at radius 2 is 2.08 bits per heavy atom. The third-order valence-electron chi connectivity index (χ3n) is 2.63. The first-order chi connectivity index (χ1) is 11.4. The summed E-state index contributed by atoms with van der Waals surface area (Å²) in [5.41, 5.74) is 3.73. The molecule has 0 atom stereocenters. The first-order valence-electron chi connectivity index (χ1n) is 6.33. The molecular weight excluding hydrogens is 408 g/mol. The minimum Gasteiger partial charge on any atom is -0.505 e. The standard InChI is InChI=1S/C7H5BrN2OS.C7H5F2NO2/c8-4-6-9-10-7(11-6)5-2-1-3-12-5;8-3-1-2-4(11)6(9)5(3)7(10)12/h1-3H,4H2;1-2,11H,(H2,10,12). The number of aromatic nitrogens is 2. The van der Waals surface area contributed by atoms with Crippen molar-refractivity contribution in [3.05, 3.63) is 52.7 Å². The fourth-order valence-electron chi connectivity index (χ4n) is 1.57. The van der Waals surface area contributed by atoms with E-state index in [1.165, 1.54) is 0 Å². The van der Waals surface area contributed by atoms with E-state index in [1.807, 2.05) is 17.5 Å². The monoisotopic (exact) mass is 417 g/mol. The maximum Gasteiger partial charge on any atom is 0.257 e. The van der Waals surface area contributed by atoms with Gasteiger partial charge in [-0.15, -0.1) is 21.5 Å². The lowest BCUT2D eigenvalue weighted by atomic mass is 10.2. The summed E-state index contributed by atoms with van der Waals surface area (Å²) in [5, 5.41) is 19.0. The van der Waals surface area contributed by atoms with Gasteiger partial charge in [0.05, 0.1) is 10.2 Å². The van der Waals surface area contributed by atoms with Gasteiger partial charge in [0.2, 0.25) is 5.89 Å². The van der Waals surface area contributed by atoms with Crippen molar-refractivity contribution in [1.29, 1.82) is 0 Å². The fourth-order valence-corrected chi connectivity index (χ4v) is 2.45. The number of hydrogen-bond acceptors (Lipinski definition) is 6. The van der Waals surface area contributed by atoms with Crippen LogP contribution in [0.4, 0.5) is 8.78 Å². The van der Waals surface area contributed by atoms with Crippen LogP contribution in [0.5, 0.6) is 5.75 Å². The van der Waals surface area contributed by atoms with E-state index in [-0.39, 0.29) is 0 Å². The van der Waals surface area contributed by atoms with Crippen molar-refractivity contribution >= 4 is 33.2 Å². The lowest BCUT2D eigenvalue weighted by Crippen LogP contribution is -2.15. The van der Waals surface area contributed by atoms with E-state index < -0.39 is 28.9 Å². The summed E-state index contributed by atoms with van der Waals surface area (Å²) in [4.78, 5) is 11.4. The van der Waals surface area contributed by atoms with Gasteiger partial charge in [0.15, 0.2) is 11.6 Å². The van der Waals surface area contributed by atoms with E-state index in [0.717, 1.165) is 17.0 Å². The summed E-state index contributed by atoms with van der Waals surface area (Å²) >= 11 is 4.83. The molecule has 126 valence electrons. The number of halogens is 3. The Bertz CT molecular complexity index is 840. The highest BCUT2D eigenvalue weighted by molar-refractivity contribution is 9.08. The molecule has 0 aliphatic heterocycles. The highest BCUT2D eigenvalue weighted by Gasteiger charge is 2.17. The molecule has 0 aliphatic carbocycles. The van der Waals surface area contributed by atoms with Crippen molar-refractivity contribution in [3.63, 3.8) is 0 Å². The molecule has 0 radical (unpaired) electrons. The van der Waals surface area contributed by atoms with Gasteiger partial charge in [-0.25, -0.2) is 8.78 Å². The topological polar surface area (TPSA) is 102 Å². The zero-order valence-electron chi connectivity index (χ0n) is 11.9. The van der Waals surface area contributed by atoms with Crippen LogP contribution in [0.15, 0.2) is 34.1 Å². The van der Waals surface area contributed by atoms with Gasteiger partial charge in [-0.3, -0.25) is 4.79 Å². The molecule has 3 N–H and O–H groups in total. The number of thiophene rings is 1. The Hall–Kier alpha value is -2.33. The number of aromatic hydroxyl groups is 1. The normalized spacial score (nSPS) is 10.1. The van der Waals surface area contributed by atoms with Gasteiger partial charge in [-0.05, 0) is 23.6 Å². The number of amides is 1. The molecule has 0 spiro atoms. The number of nitrogens with zero attached hydrogens (tertiary/aromatic N) is 2. The lowest BCUT2D eigenvalue weighted by Gasteiger charge is -2.00. The summed E-state index contributed by atoms with van der Waals surface area (Å²) < 4.78 is 30.7. The summed E-state index contributed by atoms with van der Waals surface area (Å²) in [6.45, 7) is 0. The molecule has 3 rings (SSSR count). The highest BCUT2D eigenvalue weighted by atomic mass is 79.9. The number of phenolic OH excluding ortho intramolecular Hbond substituents is 1. The SMILES string of the molecule is BrCc1nnc(-c2cccs2)o1.NC(=O)c1c(F)ccc(O)c1F. The van der Waals surface area contributed by atoms with Crippen LogP contribution in [-0.2, 0) is 5.33 Å².